The van der Waals surface area contributed by atoms with Crippen molar-refractivity contribution in [1.82, 2.24) is 10.2 Å². The summed E-state index contributed by atoms with van der Waals surface area (Å²) in [6.45, 7) is 4.45. The van der Waals surface area contributed by atoms with Gasteiger partial charge in [0.15, 0.2) is 0 Å². The van der Waals surface area contributed by atoms with Crippen molar-refractivity contribution < 1.29 is 9.59 Å². The Kier molecular flexibility index (Phi) is 4.45. The van der Waals surface area contributed by atoms with Gasteiger partial charge < -0.3 is 16.0 Å². The van der Waals surface area contributed by atoms with Gasteiger partial charge in [0, 0.05) is 31.6 Å². The molecule has 108 valence electrons. The highest BCUT2D eigenvalue weighted by Crippen LogP contribution is 2.50. The average Bonchev–Trinajstić information content (AvgIpc) is 3.25. The number of hydrogen-bond donors (Lipinski definition) is 2. The Morgan fingerprint density at radius 1 is 1.42 bits per heavy atom. The first-order valence-electron chi connectivity index (χ1n) is 7.40. The number of rotatable bonds is 5. The Balaban J connectivity index is 1.90. The molecule has 0 aromatic rings. The molecule has 1 aliphatic heterocycles. The molecule has 0 radical (unpaired) electrons. The van der Waals surface area contributed by atoms with Gasteiger partial charge in [0.25, 0.3) is 0 Å². The molecular weight excluding hydrogens is 242 g/mol. The largest absolute Gasteiger partial charge is 0.355 e. The van der Waals surface area contributed by atoms with E-state index in [9.17, 15) is 9.59 Å². The standard InChI is InChI=1S/C14H25N3O2/c1-2-14(5-6-14)13(19)17-9-3-4-11(10-17)12(18)16-8-7-15/h11H,2-10,15H2,1H3,(H,16,18). The molecule has 5 nitrogen and oxygen atoms in total. The Bertz CT molecular complexity index is 353. The molecule has 2 fully saturated rings. The van der Waals surface area contributed by atoms with E-state index < -0.39 is 0 Å². The highest BCUT2D eigenvalue weighted by molar-refractivity contribution is 5.86. The molecule has 0 spiro atoms. The summed E-state index contributed by atoms with van der Waals surface area (Å²) in [4.78, 5) is 26.3. The van der Waals surface area contributed by atoms with E-state index in [1.807, 2.05) is 4.90 Å². The molecule has 1 heterocycles. The Morgan fingerprint density at radius 2 is 2.16 bits per heavy atom. The number of nitrogens with zero attached hydrogens (tertiary/aromatic N) is 1. The van der Waals surface area contributed by atoms with Crippen LogP contribution in [0.4, 0.5) is 0 Å². The van der Waals surface area contributed by atoms with Crippen molar-refractivity contribution in [2.24, 2.45) is 17.1 Å². The van der Waals surface area contributed by atoms with Crippen LogP contribution in [0.2, 0.25) is 0 Å². The molecule has 1 aliphatic carbocycles. The van der Waals surface area contributed by atoms with Gasteiger partial charge in [0.2, 0.25) is 11.8 Å². The minimum Gasteiger partial charge on any atom is -0.355 e. The highest BCUT2D eigenvalue weighted by Gasteiger charge is 2.50. The van der Waals surface area contributed by atoms with Crippen LogP contribution in [0.1, 0.15) is 39.0 Å². The van der Waals surface area contributed by atoms with Crippen LogP contribution >= 0.6 is 0 Å². The Labute approximate surface area is 114 Å². The lowest BCUT2D eigenvalue weighted by Gasteiger charge is -2.34. The SMILES string of the molecule is CCC1(C(=O)N2CCCC(C(=O)NCCN)C2)CC1. The van der Waals surface area contributed by atoms with Gasteiger partial charge in [-0.2, -0.15) is 0 Å². The summed E-state index contributed by atoms with van der Waals surface area (Å²) < 4.78 is 0. The molecule has 3 N–H and O–H groups in total. The number of nitrogens with one attached hydrogen (secondary N) is 1. The van der Waals surface area contributed by atoms with Crippen LogP contribution in [-0.2, 0) is 9.59 Å². The van der Waals surface area contributed by atoms with Crippen LogP contribution < -0.4 is 11.1 Å². The molecule has 2 amide bonds. The molecule has 1 saturated heterocycles. The first-order chi connectivity index (χ1) is 9.13. The molecule has 1 atom stereocenters. The van der Waals surface area contributed by atoms with Gasteiger partial charge in [0.1, 0.15) is 0 Å². The van der Waals surface area contributed by atoms with Crippen LogP contribution in [-0.4, -0.2) is 42.9 Å². The van der Waals surface area contributed by atoms with Gasteiger partial charge in [-0.3, -0.25) is 9.59 Å². The zero-order chi connectivity index (χ0) is 13.9. The van der Waals surface area contributed by atoms with Crippen LogP contribution in [0.5, 0.6) is 0 Å². The van der Waals surface area contributed by atoms with Crippen LogP contribution in [0.15, 0.2) is 0 Å². The minimum atomic E-state index is -0.0877. The van der Waals surface area contributed by atoms with Gasteiger partial charge in [0.05, 0.1) is 5.92 Å². The first-order valence-corrected chi connectivity index (χ1v) is 7.40. The molecule has 2 rings (SSSR count). The predicted molar refractivity (Wildman–Crippen MR) is 73.3 cm³/mol. The minimum absolute atomic E-state index is 0.0456. The Hall–Kier alpha value is -1.10. The van der Waals surface area contributed by atoms with Crippen molar-refractivity contribution in [3.8, 4) is 0 Å². The van der Waals surface area contributed by atoms with Crippen molar-refractivity contribution in [3.05, 3.63) is 0 Å². The van der Waals surface area contributed by atoms with Gasteiger partial charge in [-0.25, -0.2) is 0 Å². The topological polar surface area (TPSA) is 75.4 Å². The van der Waals surface area contributed by atoms with Crippen molar-refractivity contribution in [2.45, 2.75) is 39.0 Å². The Morgan fingerprint density at radius 3 is 2.74 bits per heavy atom. The molecular formula is C14H25N3O2. The third-order valence-corrected chi connectivity index (χ3v) is 4.51. The molecule has 1 saturated carbocycles. The molecule has 5 heteroatoms. The third-order valence-electron chi connectivity index (χ3n) is 4.51. The van der Waals surface area contributed by atoms with Crippen LogP contribution in [0, 0.1) is 11.3 Å². The summed E-state index contributed by atoms with van der Waals surface area (Å²) in [5, 5.41) is 2.83. The maximum absolute atomic E-state index is 12.5. The third kappa shape index (κ3) is 3.08. The van der Waals surface area contributed by atoms with Crippen LogP contribution in [0.3, 0.4) is 0 Å². The summed E-state index contributed by atoms with van der Waals surface area (Å²) in [7, 11) is 0. The zero-order valence-corrected chi connectivity index (χ0v) is 11.8. The number of amides is 2. The summed E-state index contributed by atoms with van der Waals surface area (Å²) in [6, 6.07) is 0. The fourth-order valence-electron chi connectivity index (χ4n) is 2.92. The monoisotopic (exact) mass is 267 g/mol. The van der Waals surface area contributed by atoms with E-state index in [-0.39, 0.29) is 23.1 Å². The van der Waals surface area contributed by atoms with E-state index in [0.29, 0.717) is 19.6 Å². The number of nitrogens with two attached hydrogens (primary N) is 1. The molecule has 0 bridgehead atoms. The van der Waals surface area contributed by atoms with Crippen molar-refractivity contribution in [1.29, 1.82) is 0 Å². The van der Waals surface area contributed by atoms with E-state index in [4.69, 9.17) is 5.73 Å². The molecule has 0 aromatic carbocycles. The highest BCUT2D eigenvalue weighted by atomic mass is 16.2. The summed E-state index contributed by atoms with van der Waals surface area (Å²) in [5.74, 6) is 0.257. The smallest absolute Gasteiger partial charge is 0.228 e. The van der Waals surface area contributed by atoms with Gasteiger partial charge in [-0.15, -0.1) is 0 Å². The van der Waals surface area contributed by atoms with Gasteiger partial charge >= 0.3 is 0 Å². The molecule has 19 heavy (non-hydrogen) atoms. The summed E-state index contributed by atoms with van der Waals surface area (Å²) in [5.41, 5.74) is 5.30. The van der Waals surface area contributed by atoms with E-state index in [1.165, 1.54) is 0 Å². The van der Waals surface area contributed by atoms with Crippen molar-refractivity contribution in [2.75, 3.05) is 26.2 Å². The summed E-state index contributed by atoms with van der Waals surface area (Å²) >= 11 is 0. The molecule has 1 unspecified atom stereocenters. The second-order valence-electron chi connectivity index (χ2n) is 5.80. The van der Waals surface area contributed by atoms with E-state index >= 15 is 0 Å². The second kappa shape index (κ2) is 5.90. The van der Waals surface area contributed by atoms with Crippen LogP contribution in [0.25, 0.3) is 0 Å². The lowest BCUT2D eigenvalue weighted by molar-refractivity contribution is -0.140. The number of hydrogen-bond acceptors (Lipinski definition) is 3. The van der Waals surface area contributed by atoms with Crippen molar-refractivity contribution >= 4 is 11.8 Å². The molecule has 2 aliphatic rings. The lowest BCUT2D eigenvalue weighted by Crippen LogP contribution is -2.48. The number of likely N-dealkylation sites (tertiary alicyclic amines) is 1. The first kappa shape index (κ1) is 14.3. The van der Waals surface area contributed by atoms with E-state index in [0.717, 1.165) is 38.6 Å². The normalized spacial score (nSPS) is 24.9. The van der Waals surface area contributed by atoms with Gasteiger partial charge in [-0.1, -0.05) is 6.92 Å². The predicted octanol–water partition coefficient (Wildman–Crippen LogP) is 0.490. The van der Waals surface area contributed by atoms with Gasteiger partial charge in [-0.05, 0) is 32.1 Å². The zero-order valence-electron chi connectivity index (χ0n) is 11.8. The maximum Gasteiger partial charge on any atom is 0.228 e. The number of piperidine rings is 1. The quantitative estimate of drug-likeness (QED) is 0.761. The fraction of sp³-hybridized carbons (Fsp3) is 0.857. The lowest BCUT2D eigenvalue weighted by atomic mass is 9.94. The maximum atomic E-state index is 12.5. The average molecular weight is 267 g/mol. The fourth-order valence-corrected chi connectivity index (χ4v) is 2.92. The van der Waals surface area contributed by atoms with E-state index in [1.54, 1.807) is 0 Å². The molecule has 0 aromatic heterocycles. The second-order valence-corrected chi connectivity index (χ2v) is 5.80. The number of carbonyl (C=O) groups excluding carboxylic acids is 2. The van der Waals surface area contributed by atoms with Crippen molar-refractivity contribution in [3.63, 3.8) is 0 Å². The number of carbonyl (C=O) groups is 2. The van der Waals surface area contributed by atoms with E-state index in [2.05, 4.69) is 12.2 Å². The summed E-state index contributed by atoms with van der Waals surface area (Å²) in [6.07, 6.45) is 4.75.